The first-order chi connectivity index (χ1) is 8.16. The highest BCUT2D eigenvalue weighted by Crippen LogP contribution is 2.16. The maximum atomic E-state index is 11.5. The van der Waals surface area contributed by atoms with Crippen LogP contribution in [0.25, 0.3) is 0 Å². The van der Waals surface area contributed by atoms with Crippen LogP contribution in [0.3, 0.4) is 0 Å². The van der Waals surface area contributed by atoms with E-state index in [1.165, 1.54) is 15.9 Å². The third-order valence-electron chi connectivity index (χ3n) is 1.94. The lowest BCUT2D eigenvalue weighted by Gasteiger charge is -2.01. The first-order valence-electron chi connectivity index (χ1n) is 4.69. The fourth-order valence-electron chi connectivity index (χ4n) is 1.24. The van der Waals surface area contributed by atoms with Crippen molar-refractivity contribution in [1.29, 1.82) is 0 Å². The Hall–Kier alpha value is -1.54. The lowest BCUT2D eigenvalue weighted by molar-refractivity contribution is -0.133. The number of nitrogens with one attached hydrogen (secondary N) is 1. The Morgan fingerprint density at radius 3 is 3.12 bits per heavy atom. The van der Waals surface area contributed by atoms with Gasteiger partial charge in [0.05, 0.1) is 12.3 Å². The van der Waals surface area contributed by atoms with Gasteiger partial charge in [0.2, 0.25) is 0 Å². The lowest BCUT2D eigenvalue weighted by Crippen LogP contribution is -2.18. The van der Waals surface area contributed by atoms with E-state index in [9.17, 15) is 9.59 Å². The van der Waals surface area contributed by atoms with Crippen LogP contribution < -0.4 is 5.69 Å². The number of hydrogen-bond acceptors (Lipinski definition) is 5. The third-order valence-corrected chi connectivity index (χ3v) is 3.76. The molecular weight excluding hydrogens is 262 g/mol. The number of carboxylic acid groups (broad SMARTS) is 1. The van der Waals surface area contributed by atoms with Crippen molar-refractivity contribution in [1.82, 2.24) is 14.8 Å². The summed E-state index contributed by atoms with van der Waals surface area (Å²) in [5, 5.41) is 17.0. The van der Waals surface area contributed by atoms with Crippen molar-refractivity contribution < 1.29 is 9.90 Å². The molecule has 0 saturated carbocycles. The highest BCUT2D eigenvalue weighted by atomic mass is 32.2. The molecule has 0 amide bonds. The van der Waals surface area contributed by atoms with Gasteiger partial charge in [0, 0.05) is 4.88 Å². The van der Waals surface area contributed by atoms with Crippen molar-refractivity contribution in [3.63, 3.8) is 0 Å². The normalized spacial score (nSPS) is 10.6. The van der Waals surface area contributed by atoms with Gasteiger partial charge in [-0.3, -0.25) is 9.36 Å². The van der Waals surface area contributed by atoms with E-state index < -0.39 is 5.97 Å². The van der Waals surface area contributed by atoms with Crippen molar-refractivity contribution in [2.45, 2.75) is 11.7 Å². The number of carbonyl (C=O) groups is 1. The summed E-state index contributed by atoms with van der Waals surface area (Å²) < 4.78 is 1.43. The summed E-state index contributed by atoms with van der Waals surface area (Å²) in [6.45, 7) is 0.412. The zero-order valence-electron chi connectivity index (χ0n) is 8.62. The Bertz CT molecular complexity index is 558. The minimum atomic E-state index is -0.937. The second-order valence-electron chi connectivity index (χ2n) is 3.16. The molecule has 2 aromatic rings. The molecule has 0 unspecified atom stereocenters. The van der Waals surface area contributed by atoms with Gasteiger partial charge in [0.1, 0.15) is 0 Å². The van der Waals surface area contributed by atoms with E-state index in [0.29, 0.717) is 11.7 Å². The number of thioether (sulfide) groups is 1. The molecule has 6 nitrogen and oxygen atoms in total. The second-order valence-corrected chi connectivity index (χ2v) is 5.13. The maximum Gasteiger partial charge on any atom is 0.344 e. The van der Waals surface area contributed by atoms with Crippen molar-refractivity contribution in [2.75, 3.05) is 5.75 Å². The van der Waals surface area contributed by atoms with Crippen LogP contribution in [-0.4, -0.2) is 31.6 Å². The van der Waals surface area contributed by atoms with E-state index in [2.05, 4.69) is 10.2 Å². The highest BCUT2D eigenvalue weighted by molar-refractivity contribution is 7.99. The fourth-order valence-corrected chi connectivity index (χ4v) is 2.60. The molecule has 17 heavy (non-hydrogen) atoms. The molecule has 0 radical (unpaired) electrons. The molecule has 2 heterocycles. The second kappa shape index (κ2) is 5.19. The number of carboxylic acids is 1. The molecule has 8 heteroatoms. The van der Waals surface area contributed by atoms with Gasteiger partial charge in [0.25, 0.3) is 0 Å². The SMILES string of the molecule is O=C(O)CSc1n[nH]c(=O)n1Cc1cccs1. The Balaban J connectivity index is 2.17. The minimum absolute atomic E-state index is 0.116. The van der Waals surface area contributed by atoms with Gasteiger partial charge in [-0.1, -0.05) is 17.8 Å². The van der Waals surface area contributed by atoms with Crippen molar-refractivity contribution in [3.8, 4) is 0 Å². The van der Waals surface area contributed by atoms with Crippen LogP contribution in [0, 0.1) is 0 Å². The van der Waals surface area contributed by atoms with E-state index >= 15 is 0 Å². The van der Waals surface area contributed by atoms with Gasteiger partial charge < -0.3 is 5.11 Å². The van der Waals surface area contributed by atoms with Crippen LogP contribution in [0.1, 0.15) is 4.88 Å². The molecule has 2 N–H and O–H groups in total. The number of aromatic nitrogens is 3. The summed E-state index contributed by atoms with van der Waals surface area (Å²) in [4.78, 5) is 23.0. The van der Waals surface area contributed by atoms with E-state index in [1.807, 2.05) is 17.5 Å². The lowest BCUT2D eigenvalue weighted by atomic mass is 10.5. The zero-order chi connectivity index (χ0) is 12.3. The molecule has 2 aromatic heterocycles. The molecule has 0 aliphatic carbocycles. The Labute approximate surface area is 104 Å². The van der Waals surface area contributed by atoms with Gasteiger partial charge in [-0.2, -0.15) is 0 Å². The van der Waals surface area contributed by atoms with Gasteiger partial charge in [-0.25, -0.2) is 9.89 Å². The fraction of sp³-hybridized carbons (Fsp3) is 0.222. The molecular formula is C9H9N3O3S2. The van der Waals surface area contributed by atoms with Crippen LogP contribution in [0.4, 0.5) is 0 Å². The van der Waals surface area contributed by atoms with Crippen molar-refractivity contribution in [2.24, 2.45) is 0 Å². The molecule has 0 aliphatic heterocycles. The van der Waals surface area contributed by atoms with E-state index in [0.717, 1.165) is 16.6 Å². The predicted molar refractivity (Wildman–Crippen MR) is 64.6 cm³/mol. The molecule has 0 atom stereocenters. The van der Waals surface area contributed by atoms with Crippen LogP contribution in [0.5, 0.6) is 0 Å². The third kappa shape index (κ3) is 2.98. The number of nitrogens with zero attached hydrogens (tertiary/aromatic N) is 2. The summed E-state index contributed by atoms with van der Waals surface area (Å²) >= 11 is 2.56. The summed E-state index contributed by atoms with van der Waals surface area (Å²) in [6.07, 6.45) is 0. The van der Waals surface area contributed by atoms with Gasteiger partial charge in [0.15, 0.2) is 5.16 Å². The topological polar surface area (TPSA) is 88.0 Å². The maximum absolute atomic E-state index is 11.5. The summed E-state index contributed by atoms with van der Waals surface area (Å²) in [7, 11) is 0. The van der Waals surface area contributed by atoms with E-state index in [4.69, 9.17) is 5.11 Å². The molecule has 90 valence electrons. The number of aliphatic carboxylic acids is 1. The molecule has 0 fully saturated rings. The summed E-state index contributed by atoms with van der Waals surface area (Å²) in [5.41, 5.74) is -0.328. The molecule has 2 rings (SSSR count). The monoisotopic (exact) mass is 271 g/mol. The number of H-pyrrole nitrogens is 1. The minimum Gasteiger partial charge on any atom is -0.481 e. The average Bonchev–Trinajstić information content (AvgIpc) is 2.89. The van der Waals surface area contributed by atoms with Crippen LogP contribution in [0.15, 0.2) is 27.5 Å². The number of thiophene rings is 1. The number of hydrogen-bond donors (Lipinski definition) is 2. The largest absolute Gasteiger partial charge is 0.481 e. The van der Waals surface area contributed by atoms with Gasteiger partial charge in [-0.05, 0) is 11.4 Å². The van der Waals surface area contributed by atoms with Crippen LogP contribution >= 0.6 is 23.1 Å². The smallest absolute Gasteiger partial charge is 0.344 e. The van der Waals surface area contributed by atoms with Gasteiger partial charge >= 0.3 is 11.7 Å². The first kappa shape index (κ1) is 11.9. The predicted octanol–water partition coefficient (Wildman–Crippen LogP) is 0.858. The standard InChI is InChI=1S/C9H9N3O3S2/c13-7(14)5-17-9-11-10-8(15)12(9)4-6-2-1-3-16-6/h1-3H,4-5H2,(H,10,15)(H,13,14). The quantitative estimate of drug-likeness (QED) is 0.787. The number of rotatable bonds is 5. The summed E-state index contributed by atoms with van der Waals surface area (Å²) in [6, 6.07) is 3.81. The van der Waals surface area contributed by atoms with E-state index in [1.54, 1.807) is 0 Å². The highest BCUT2D eigenvalue weighted by Gasteiger charge is 2.11. The van der Waals surface area contributed by atoms with Crippen molar-refractivity contribution >= 4 is 29.1 Å². The van der Waals surface area contributed by atoms with Gasteiger partial charge in [-0.15, -0.1) is 16.4 Å². The molecule has 0 aromatic carbocycles. The zero-order valence-corrected chi connectivity index (χ0v) is 10.3. The van der Waals surface area contributed by atoms with Crippen LogP contribution in [0.2, 0.25) is 0 Å². The molecule has 0 saturated heterocycles. The average molecular weight is 271 g/mol. The summed E-state index contributed by atoms with van der Waals surface area (Å²) in [5.74, 6) is -1.05. The Morgan fingerprint density at radius 2 is 2.47 bits per heavy atom. The first-order valence-corrected chi connectivity index (χ1v) is 6.55. The van der Waals surface area contributed by atoms with Crippen molar-refractivity contribution in [3.05, 3.63) is 32.9 Å². The Morgan fingerprint density at radius 1 is 1.65 bits per heavy atom. The van der Waals surface area contributed by atoms with Crippen LogP contribution in [-0.2, 0) is 11.3 Å². The molecule has 0 spiro atoms. The van der Waals surface area contributed by atoms with E-state index in [-0.39, 0.29) is 11.4 Å². The number of aromatic amines is 1. The molecule has 0 bridgehead atoms. The Kier molecular flexibility index (Phi) is 3.64. The molecule has 0 aliphatic rings.